The van der Waals surface area contributed by atoms with Gasteiger partial charge in [-0.2, -0.15) is 0 Å². The maximum atomic E-state index is 14.3. The molecule has 3 aromatic heterocycles. The lowest BCUT2D eigenvalue weighted by atomic mass is 10.1. The fourth-order valence-corrected chi connectivity index (χ4v) is 3.27. The number of halogens is 2. The Balaban J connectivity index is 1.95. The van der Waals surface area contributed by atoms with Gasteiger partial charge in [-0.25, -0.2) is 27.5 Å². The van der Waals surface area contributed by atoms with Gasteiger partial charge in [0.2, 0.25) is 11.1 Å². The number of nitrogens with one attached hydrogen (secondary N) is 1. The molecule has 10 heteroatoms. The summed E-state index contributed by atoms with van der Waals surface area (Å²) in [6.07, 6.45) is 1.32. The van der Waals surface area contributed by atoms with Gasteiger partial charge in [0.05, 0.1) is 5.69 Å². The van der Waals surface area contributed by atoms with Crippen LogP contribution in [-0.2, 0) is 11.1 Å². The van der Waals surface area contributed by atoms with Crippen molar-refractivity contribution in [3.8, 4) is 22.4 Å². The van der Waals surface area contributed by atoms with Crippen molar-refractivity contribution in [3.63, 3.8) is 0 Å². The van der Waals surface area contributed by atoms with Crippen molar-refractivity contribution < 1.29 is 17.5 Å². The topological polar surface area (TPSA) is 100 Å². The zero-order valence-corrected chi connectivity index (χ0v) is 15.1. The summed E-state index contributed by atoms with van der Waals surface area (Å²) in [6.45, 7) is 1.65. The average molecular weight is 402 g/mol. The lowest BCUT2D eigenvalue weighted by Gasteiger charge is -2.05. The number of benzene rings is 1. The molecule has 1 atom stereocenters. The van der Waals surface area contributed by atoms with E-state index in [0.29, 0.717) is 16.8 Å². The van der Waals surface area contributed by atoms with E-state index in [0.717, 1.165) is 12.1 Å². The summed E-state index contributed by atoms with van der Waals surface area (Å²) in [6, 6.07) is 7.29. The van der Waals surface area contributed by atoms with Crippen LogP contribution >= 0.6 is 0 Å². The minimum Gasteiger partial charge on any atom is -0.301 e. The molecular formula is C18H12F2N4O3S. The number of rotatable bonds is 3. The standard InChI is InChI=1S/C18H12F2N4O3S/c1-9-17(12-4-3-11(19)6-13(12)20)18-22-14(7-16(25)24(18)23-9)10-2-5-15(21-8-10)28(26)27/h2-8,23H,1H3,(H,26,27). The highest BCUT2D eigenvalue weighted by Crippen LogP contribution is 2.30. The summed E-state index contributed by atoms with van der Waals surface area (Å²) in [5.74, 6) is -1.49. The Kier molecular flexibility index (Phi) is 4.36. The van der Waals surface area contributed by atoms with Crippen LogP contribution in [0.5, 0.6) is 0 Å². The molecule has 0 aliphatic carbocycles. The minimum atomic E-state index is -2.22. The maximum Gasteiger partial charge on any atom is 0.273 e. The van der Waals surface area contributed by atoms with Gasteiger partial charge < -0.3 is 4.55 Å². The molecule has 2 N–H and O–H groups in total. The summed E-state index contributed by atoms with van der Waals surface area (Å²) >= 11 is -2.22. The van der Waals surface area contributed by atoms with Crippen molar-refractivity contribution >= 4 is 16.7 Å². The van der Waals surface area contributed by atoms with Gasteiger partial charge in [-0.1, -0.05) is 0 Å². The van der Waals surface area contributed by atoms with Crippen LogP contribution < -0.4 is 5.56 Å². The fourth-order valence-electron chi connectivity index (χ4n) is 2.95. The first-order chi connectivity index (χ1) is 13.3. The summed E-state index contributed by atoms with van der Waals surface area (Å²) in [5, 5.41) is 2.80. The van der Waals surface area contributed by atoms with Gasteiger partial charge in [-0.05, 0) is 31.2 Å². The van der Waals surface area contributed by atoms with E-state index in [2.05, 4.69) is 15.1 Å². The molecule has 1 aromatic carbocycles. The predicted octanol–water partition coefficient (Wildman–Crippen LogP) is 2.92. The second kappa shape index (κ2) is 6.73. The molecule has 3 heterocycles. The van der Waals surface area contributed by atoms with Gasteiger partial charge in [0.1, 0.15) is 11.6 Å². The Morgan fingerprint density at radius 2 is 1.96 bits per heavy atom. The van der Waals surface area contributed by atoms with Crippen LogP contribution in [0.3, 0.4) is 0 Å². The number of H-pyrrole nitrogens is 1. The minimum absolute atomic E-state index is 0.0342. The van der Waals surface area contributed by atoms with Crippen LogP contribution in [0.15, 0.2) is 52.4 Å². The first-order valence-electron chi connectivity index (χ1n) is 8.00. The first kappa shape index (κ1) is 18.1. The SMILES string of the molecule is Cc1[nH]n2c(=O)cc(-c3ccc(S(=O)O)nc3)nc2c1-c1ccc(F)cc1F. The lowest BCUT2D eigenvalue weighted by molar-refractivity contribution is 0.560. The highest BCUT2D eigenvalue weighted by molar-refractivity contribution is 7.79. The van der Waals surface area contributed by atoms with Gasteiger partial charge in [0.15, 0.2) is 10.7 Å². The zero-order valence-electron chi connectivity index (χ0n) is 14.3. The van der Waals surface area contributed by atoms with Gasteiger partial charge in [-0.3, -0.25) is 9.89 Å². The van der Waals surface area contributed by atoms with Gasteiger partial charge >= 0.3 is 0 Å². The Hall–Kier alpha value is -3.24. The highest BCUT2D eigenvalue weighted by Gasteiger charge is 2.18. The summed E-state index contributed by atoms with van der Waals surface area (Å²) in [5.41, 5.74) is 1.35. The quantitative estimate of drug-likeness (QED) is 0.513. The van der Waals surface area contributed by atoms with Crippen LogP contribution in [0.4, 0.5) is 8.78 Å². The molecule has 0 aliphatic heterocycles. The first-order valence-corrected chi connectivity index (χ1v) is 9.11. The number of pyridine rings is 1. The summed E-state index contributed by atoms with van der Waals surface area (Å²) < 4.78 is 48.9. The monoisotopic (exact) mass is 402 g/mol. The third-order valence-electron chi connectivity index (χ3n) is 4.21. The number of aromatic amines is 1. The molecule has 0 radical (unpaired) electrons. The number of aryl methyl sites for hydroxylation is 1. The highest BCUT2D eigenvalue weighted by atomic mass is 32.2. The van der Waals surface area contributed by atoms with E-state index < -0.39 is 28.3 Å². The smallest absolute Gasteiger partial charge is 0.273 e. The molecule has 0 amide bonds. The number of nitrogens with zero attached hydrogens (tertiary/aromatic N) is 3. The Bertz CT molecular complexity index is 1300. The van der Waals surface area contributed by atoms with Crippen molar-refractivity contribution in [1.82, 2.24) is 19.6 Å². The lowest BCUT2D eigenvalue weighted by Crippen LogP contribution is -2.14. The Morgan fingerprint density at radius 1 is 1.18 bits per heavy atom. The summed E-state index contributed by atoms with van der Waals surface area (Å²) in [7, 11) is 0. The molecule has 142 valence electrons. The van der Waals surface area contributed by atoms with Gasteiger partial charge in [-0.15, -0.1) is 0 Å². The Morgan fingerprint density at radius 3 is 2.61 bits per heavy atom. The third kappa shape index (κ3) is 3.02. The predicted molar refractivity (Wildman–Crippen MR) is 98.2 cm³/mol. The second-order valence-electron chi connectivity index (χ2n) is 6.01. The van der Waals surface area contributed by atoms with E-state index in [1.807, 2.05) is 0 Å². The molecule has 1 unspecified atom stereocenters. The van der Waals surface area contributed by atoms with Crippen molar-refractivity contribution in [2.45, 2.75) is 11.9 Å². The van der Waals surface area contributed by atoms with E-state index in [1.165, 1.54) is 35.0 Å². The molecule has 4 rings (SSSR count). The molecule has 0 fully saturated rings. The van der Waals surface area contributed by atoms with E-state index in [1.54, 1.807) is 6.92 Å². The molecule has 0 bridgehead atoms. The normalized spacial score (nSPS) is 12.4. The second-order valence-corrected chi connectivity index (χ2v) is 6.93. The van der Waals surface area contributed by atoms with Crippen LogP contribution in [0.1, 0.15) is 5.69 Å². The van der Waals surface area contributed by atoms with E-state index >= 15 is 0 Å². The van der Waals surface area contributed by atoms with Crippen LogP contribution in [0.2, 0.25) is 0 Å². The van der Waals surface area contributed by atoms with Gasteiger partial charge in [0, 0.05) is 40.7 Å². The molecule has 7 nitrogen and oxygen atoms in total. The third-order valence-corrected chi connectivity index (χ3v) is 4.81. The van der Waals surface area contributed by atoms with Crippen LogP contribution in [0.25, 0.3) is 28.0 Å². The van der Waals surface area contributed by atoms with E-state index in [9.17, 15) is 17.8 Å². The fraction of sp³-hybridized carbons (Fsp3) is 0.0556. The summed E-state index contributed by atoms with van der Waals surface area (Å²) in [4.78, 5) is 20.8. The number of hydrogen-bond donors (Lipinski definition) is 2. The maximum absolute atomic E-state index is 14.3. The van der Waals surface area contributed by atoms with Crippen molar-refractivity contribution in [1.29, 1.82) is 0 Å². The average Bonchev–Trinajstić information content (AvgIpc) is 2.98. The Labute approximate surface area is 159 Å². The van der Waals surface area contributed by atoms with Crippen molar-refractivity contribution in [2.75, 3.05) is 0 Å². The molecule has 0 aliphatic rings. The number of aromatic nitrogens is 4. The molecule has 0 spiro atoms. The molecule has 0 saturated heterocycles. The van der Waals surface area contributed by atoms with E-state index in [-0.39, 0.29) is 21.9 Å². The molecule has 0 saturated carbocycles. The number of fused-ring (bicyclic) bond motifs is 1. The van der Waals surface area contributed by atoms with E-state index in [4.69, 9.17) is 4.55 Å². The molecular weight excluding hydrogens is 390 g/mol. The van der Waals surface area contributed by atoms with Gasteiger partial charge in [0.25, 0.3) is 5.56 Å². The van der Waals surface area contributed by atoms with Crippen LogP contribution in [0, 0.1) is 18.6 Å². The largest absolute Gasteiger partial charge is 0.301 e. The van der Waals surface area contributed by atoms with Crippen molar-refractivity contribution in [2.24, 2.45) is 0 Å². The zero-order chi connectivity index (χ0) is 20.0. The van der Waals surface area contributed by atoms with Crippen molar-refractivity contribution in [3.05, 3.63) is 70.3 Å². The molecule has 28 heavy (non-hydrogen) atoms. The number of hydrogen-bond acceptors (Lipinski definition) is 4. The molecule has 4 aromatic rings. The van der Waals surface area contributed by atoms with Crippen LogP contribution in [-0.4, -0.2) is 28.3 Å².